The van der Waals surface area contributed by atoms with E-state index >= 15 is 0 Å². The lowest BCUT2D eigenvalue weighted by atomic mass is 10.2. The van der Waals surface area contributed by atoms with Crippen molar-refractivity contribution in [3.63, 3.8) is 0 Å². The molecule has 0 saturated heterocycles. The molecule has 0 saturated carbocycles. The summed E-state index contributed by atoms with van der Waals surface area (Å²) in [4.78, 5) is 12.3. The smallest absolute Gasteiger partial charge is 0.262 e. The van der Waals surface area contributed by atoms with Gasteiger partial charge in [-0.15, -0.1) is 0 Å². The van der Waals surface area contributed by atoms with E-state index in [9.17, 15) is 10.1 Å². The predicted octanol–water partition coefficient (Wildman–Crippen LogP) is 5.40. The van der Waals surface area contributed by atoms with Crippen LogP contribution in [0.3, 0.4) is 0 Å². The molecular weight excluding hydrogens is 439 g/mol. The maximum absolute atomic E-state index is 12.3. The standard InChI is InChI=1S/C23H18Cl2N2O4/c1-29-17-4-2-15(3-5-17)13-27-23(28)16(12-26)10-19-6-7-20(31-19)14-30-18-8-9-21(24)22(25)11-18/h2-11H,13-14H2,1H3,(H,27,28)/b16-10+. The van der Waals surface area contributed by atoms with Crippen LogP contribution >= 0.6 is 23.2 Å². The molecule has 1 N–H and O–H groups in total. The van der Waals surface area contributed by atoms with Crippen molar-refractivity contribution in [1.82, 2.24) is 5.32 Å². The molecule has 3 rings (SSSR count). The van der Waals surface area contributed by atoms with Gasteiger partial charge in [-0.25, -0.2) is 0 Å². The molecule has 3 aromatic rings. The van der Waals surface area contributed by atoms with Gasteiger partial charge in [-0.3, -0.25) is 4.79 Å². The van der Waals surface area contributed by atoms with E-state index in [1.54, 1.807) is 49.6 Å². The molecule has 2 aromatic carbocycles. The molecule has 0 radical (unpaired) electrons. The zero-order valence-corrected chi connectivity index (χ0v) is 18.0. The van der Waals surface area contributed by atoms with Gasteiger partial charge in [-0.05, 0) is 42.0 Å². The van der Waals surface area contributed by atoms with Crippen LogP contribution in [0.4, 0.5) is 0 Å². The molecule has 0 fully saturated rings. The van der Waals surface area contributed by atoms with E-state index in [2.05, 4.69) is 5.32 Å². The van der Waals surface area contributed by atoms with Crippen LogP contribution in [0.1, 0.15) is 17.1 Å². The first kappa shape index (κ1) is 22.3. The van der Waals surface area contributed by atoms with E-state index in [4.69, 9.17) is 37.1 Å². The van der Waals surface area contributed by atoms with Crippen molar-refractivity contribution in [3.05, 3.63) is 87.3 Å². The van der Waals surface area contributed by atoms with Crippen LogP contribution in [0.2, 0.25) is 10.0 Å². The summed E-state index contributed by atoms with van der Waals surface area (Å²) in [6.07, 6.45) is 1.38. The minimum Gasteiger partial charge on any atom is -0.497 e. The van der Waals surface area contributed by atoms with Gasteiger partial charge in [-0.1, -0.05) is 35.3 Å². The number of carbonyl (C=O) groups is 1. The minimum atomic E-state index is -0.497. The second-order valence-corrected chi connectivity index (χ2v) is 7.18. The number of nitrogens with one attached hydrogen (secondary N) is 1. The molecule has 0 unspecified atom stereocenters. The number of hydrogen-bond donors (Lipinski definition) is 1. The maximum Gasteiger partial charge on any atom is 0.262 e. The molecule has 0 spiro atoms. The van der Waals surface area contributed by atoms with Gasteiger partial charge in [0.25, 0.3) is 5.91 Å². The molecular formula is C23H18Cl2N2O4. The number of ether oxygens (including phenoxy) is 2. The Labute approximate surface area is 189 Å². The quantitative estimate of drug-likeness (QED) is 0.362. The molecule has 1 amide bonds. The lowest BCUT2D eigenvalue weighted by Crippen LogP contribution is -2.23. The molecule has 8 heteroatoms. The molecule has 1 aromatic heterocycles. The molecule has 0 aliphatic heterocycles. The summed E-state index contributed by atoms with van der Waals surface area (Å²) in [5.74, 6) is 1.66. The fraction of sp³-hybridized carbons (Fsp3) is 0.130. The summed E-state index contributed by atoms with van der Waals surface area (Å²) >= 11 is 11.8. The number of nitriles is 1. The Morgan fingerprint density at radius 2 is 1.84 bits per heavy atom. The van der Waals surface area contributed by atoms with Crippen LogP contribution in [-0.2, 0) is 17.9 Å². The molecule has 0 aliphatic carbocycles. The Morgan fingerprint density at radius 3 is 2.52 bits per heavy atom. The average Bonchev–Trinajstić information content (AvgIpc) is 3.24. The lowest BCUT2D eigenvalue weighted by molar-refractivity contribution is -0.117. The number of halogens is 2. The van der Waals surface area contributed by atoms with Crippen LogP contribution in [-0.4, -0.2) is 13.0 Å². The highest BCUT2D eigenvalue weighted by Gasteiger charge is 2.11. The molecule has 0 aliphatic rings. The largest absolute Gasteiger partial charge is 0.497 e. The van der Waals surface area contributed by atoms with E-state index in [1.807, 2.05) is 18.2 Å². The van der Waals surface area contributed by atoms with Gasteiger partial charge in [0.15, 0.2) is 0 Å². The third-order valence-electron chi connectivity index (χ3n) is 4.22. The summed E-state index contributed by atoms with van der Waals surface area (Å²) in [6.45, 7) is 0.431. The monoisotopic (exact) mass is 456 g/mol. The molecule has 6 nitrogen and oxygen atoms in total. The van der Waals surface area contributed by atoms with Gasteiger partial charge in [0.05, 0.1) is 17.2 Å². The highest BCUT2D eigenvalue weighted by molar-refractivity contribution is 6.42. The Morgan fingerprint density at radius 1 is 1.10 bits per heavy atom. The van der Waals surface area contributed by atoms with Crippen LogP contribution in [0.15, 0.2) is 64.6 Å². The van der Waals surface area contributed by atoms with Gasteiger partial charge >= 0.3 is 0 Å². The zero-order chi connectivity index (χ0) is 22.2. The highest BCUT2D eigenvalue weighted by Crippen LogP contribution is 2.27. The fourth-order valence-electron chi connectivity index (χ4n) is 2.58. The van der Waals surface area contributed by atoms with Crippen molar-refractivity contribution >= 4 is 35.2 Å². The number of carbonyl (C=O) groups excluding carboxylic acids is 1. The van der Waals surface area contributed by atoms with Crippen molar-refractivity contribution in [3.8, 4) is 17.6 Å². The number of methoxy groups -OCH3 is 1. The van der Waals surface area contributed by atoms with Crippen LogP contribution in [0.5, 0.6) is 11.5 Å². The van der Waals surface area contributed by atoms with E-state index in [0.717, 1.165) is 11.3 Å². The van der Waals surface area contributed by atoms with Crippen LogP contribution < -0.4 is 14.8 Å². The Hall–Kier alpha value is -3.40. The van der Waals surface area contributed by atoms with E-state index < -0.39 is 5.91 Å². The van der Waals surface area contributed by atoms with Crippen molar-refractivity contribution in [2.24, 2.45) is 0 Å². The predicted molar refractivity (Wildman–Crippen MR) is 118 cm³/mol. The first-order valence-electron chi connectivity index (χ1n) is 9.18. The SMILES string of the molecule is COc1ccc(CNC(=O)/C(C#N)=C/c2ccc(COc3ccc(Cl)c(Cl)c3)o2)cc1. The number of furan rings is 1. The van der Waals surface area contributed by atoms with E-state index in [1.165, 1.54) is 6.08 Å². The van der Waals surface area contributed by atoms with Crippen molar-refractivity contribution in [2.45, 2.75) is 13.2 Å². The van der Waals surface area contributed by atoms with E-state index in [-0.39, 0.29) is 18.7 Å². The van der Waals surface area contributed by atoms with Gasteiger partial charge in [-0.2, -0.15) is 5.26 Å². The van der Waals surface area contributed by atoms with Crippen LogP contribution in [0, 0.1) is 11.3 Å². The second kappa shape index (κ2) is 10.6. The lowest BCUT2D eigenvalue weighted by Gasteiger charge is -2.06. The topological polar surface area (TPSA) is 84.5 Å². The van der Waals surface area contributed by atoms with Crippen molar-refractivity contribution < 1.29 is 18.7 Å². The first-order valence-corrected chi connectivity index (χ1v) is 9.93. The number of hydrogen-bond acceptors (Lipinski definition) is 5. The molecule has 1 heterocycles. The Bertz CT molecular complexity index is 1130. The van der Waals surface area contributed by atoms with Gasteiger partial charge in [0.2, 0.25) is 0 Å². The summed E-state index contributed by atoms with van der Waals surface area (Å²) in [7, 11) is 1.58. The van der Waals surface area contributed by atoms with Gasteiger partial charge in [0.1, 0.15) is 41.3 Å². The highest BCUT2D eigenvalue weighted by atomic mass is 35.5. The third kappa shape index (κ3) is 6.29. The summed E-state index contributed by atoms with van der Waals surface area (Å²) in [5.41, 5.74) is 0.811. The van der Waals surface area contributed by atoms with Crippen molar-refractivity contribution in [1.29, 1.82) is 5.26 Å². The molecule has 0 bridgehead atoms. The average molecular weight is 457 g/mol. The minimum absolute atomic E-state index is 0.0696. The number of nitrogens with zero attached hydrogens (tertiary/aromatic N) is 1. The molecule has 158 valence electrons. The van der Waals surface area contributed by atoms with Gasteiger partial charge in [0, 0.05) is 18.7 Å². The second-order valence-electron chi connectivity index (χ2n) is 6.37. The normalized spacial score (nSPS) is 11.0. The number of amides is 1. The maximum atomic E-state index is 12.3. The Balaban J connectivity index is 1.58. The van der Waals surface area contributed by atoms with Gasteiger partial charge < -0.3 is 19.2 Å². The van der Waals surface area contributed by atoms with Crippen LogP contribution in [0.25, 0.3) is 6.08 Å². The Kier molecular flexibility index (Phi) is 7.60. The summed E-state index contributed by atoms with van der Waals surface area (Å²) in [6, 6.07) is 17.5. The molecule has 0 atom stereocenters. The third-order valence-corrected chi connectivity index (χ3v) is 4.96. The number of benzene rings is 2. The summed E-state index contributed by atoms with van der Waals surface area (Å²) in [5, 5.41) is 12.9. The number of rotatable bonds is 8. The molecule has 31 heavy (non-hydrogen) atoms. The fourth-order valence-corrected chi connectivity index (χ4v) is 2.87. The van der Waals surface area contributed by atoms with Crippen molar-refractivity contribution in [2.75, 3.05) is 7.11 Å². The summed E-state index contributed by atoms with van der Waals surface area (Å²) < 4.78 is 16.3. The zero-order valence-electron chi connectivity index (χ0n) is 16.5. The first-order chi connectivity index (χ1) is 15.0. The van der Waals surface area contributed by atoms with E-state index in [0.29, 0.717) is 27.3 Å².